The van der Waals surface area contributed by atoms with Crippen LogP contribution in [-0.4, -0.2) is 33.4 Å². The van der Waals surface area contributed by atoms with Gasteiger partial charge in [-0.3, -0.25) is 0 Å². The van der Waals surface area contributed by atoms with Gasteiger partial charge < -0.3 is 14.6 Å². The number of nitrogens with zero attached hydrogens (tertiary/aromatic N) is 4. The summed E-state index contributed by atoms with van der Waals surface area (Å²) < 4.78 is 7.49. The molecule has 20 heavy (non-hydrogen) atoms. The van der Waals surface area contributed by atoms with E-state index in [4.69, 9.17) is 4.74 Å². The summed E-state index contributed by atoms with van der Waals surface area (Å²) in [5.74, 6) is 2.88. The molecule has 0 saturated heterocycles. The predicted octanol–water partition coefficient (Wildman–Crippen LogP) is 1.65. The average Bonchev–Trinajstić information content (AvgIpc) is 2.90. The molecule has 1 aliphatic heterocycles. The molecular weight excluding hydrogens is 254 g/mol. The van der Waals surface area contributed by atoms with Crippen molar-refractivity contribution in [1.82, 2.24) is 25.1 Å². The molecule has 0 amide bonds. The largest absolute Gasteiger partial charge is 0.480 e. The summed E-state index contributed by atoms with van der Waals surface area (Å²) >= 11 is 0. The smallest absolute Gasteiger partial charge is 0.224 e. The van der Waals surface area contributed by atoms with Gasteiger partial charge in [0.25, 0.3) is 0 Å². The summed E-state index contributed by atoms with van der Waals surface area (Å²) in [4.78, 5) is 4.24. The van der Waals surface area contributed by atoms with Crippen molar-refractivity contribution in [1.29, 1.82) is 0 Å². The quantitative estimate of drug-likeness (QED) is 0.921. The number of pyridine rings is 1. The Bertz CT molecular complexity index is 607. The van der Waals surface area contributed by atoms with Crippen LogP contribution in [0.1, 0.15) is 25.7 Å². The Morgan fingerprint density at radius 1 is 1.40 bits per heavy atom. The van der Waals surface area contributed by atoms with Gasteiger partial charge >= 0.3 is 0 Å². The van der Waals surface area contributed by atoms with Crippen molar-refractivity contribution in [3.8, 4) is 17.3 Å². The minimum atomic E-state index is 0.243. The third-order valence-electron chi connectivity index (χ3n) is 3.63. The van der Waals surface area contributed by atoms with Crippen molar-refractivity contribution in [2.24, 2.45) is 5.92 Å². The highest BCUT2D eigenvalue weighted by Gasteiger charge is 2.28. The number of nitrogens with one attached hydrogen (secondary N) is 1. The molecule has 3 rings (SSSR count). The topological polar surface area (TPSA) is 64.9 Å². The van der Waals surface area contributed by atoms with E-state index in [1.54, 1.807) is 13.3 Å². The first kappa shape index (κ1) is 13.1. The summed E-state index contributed by atoms with van der Waals surface area (Å²) in [6, 6.07) is 4.10. The monoisotopic (exact) mass is 273 g/mol. The average molecular weight is 273 g/mol. The molecule has 2 aromatic heterocycles. The van der Waals surface area contributed by atoms with E-state index in [1.807, 2.05) is 12.1 Å². The highest BCUT2D eigenvalue weighted by molar-refractivity contribution is 5.61. The number of rotatable bonds is 3. The number of fused-ring (bicyclic) bond motifs is 1. The molecule has 0 saturated carbocycles. The van der Waals surface area contributed by atoms with Crippen LogP contribution in [0.5, 0.6) is 5.88 Å². The lowest BCUT2D eigenvalue weighted by molar-refractivity contribution is 0.339. The molecule has 2 aromatic rings. The van der Waals surface area contributed by atoms with E-state index in [1.165, 1.54) is 0 Å². The standard InChI is InChI=1S/C14H19N5O/c1-9(2)11-13-18-17-12(19(13)8-7-15-11)10-5-4-6-16-14(10)20-3/h4-6,9,11,15H,7-8H2,1-3H3. The van der Waals surface area contributed by atoms with Crippen LogP contribution >= 0.6 is 0 Å². The van der Waals surface area contributed by atoms with Gasteiger partial charge in [0.05, 0.1) is 18.7 Å². The van der Waals surface area contributed by atoms with Crippen molar-refractivity contribution in [2.75, 3.05) is 13.7 Å². The van der Waals surface area contributed by atoms with Crippen molar-refractivity contribution < 1.29 is 4.74 Å². The SMILES string of the molecule is COc1ncccc1-c1nnc2n1CCNC2C(C)C. The molecule has 0 aliphatic carbocycles. The maximum atomic E-state index is 5.33. The molecule has 1 atom stereocenters. The molecule has 0 bridgehead atoms. The van der Waals surface area contributed by atoms with E-state index in [0.29, 0.717) is 11.8 Å². The minimum Gasteiger partial charge on any atom is -0.480 e. The molecule has 6 heteroatoms. The fraction of sp³-hybridized carbons (Fsp3) is 0.500. The Morgan fingerprint density at radius 3 is 3.00 bits per heavy atom. The van der Waals surface area contributed by atoms with Crippen molar-refractivity contribution in [2.45, 2.75) is 26.4 Å². The fourth-order valence-electron chi connectivity index (χ4n) is 2.65. The zero-order valence-corrected chi connectivity index (χ0v) is 12.0. The Hall–Kier alpha value is -1.95. The third-order valence-corrected chi connectivity index (χ3v) is 3.63. The van der Waals surface area contributed by atoms with Crippen LogP contribution in [0, 0.1) is 5.92 Å². The number of ether oxygens (including phenoxy) is 1. The van der Waals surface area contributed by atoms with Crippen LogP contribution in [-0.2, 0) is 6.54 Å². The number of hydrogen-bond acceptors (Lipinski definition) is 5. The van der Waals surface area contributed by atoms with Crippen LogP contribution < -0.4 is 10.1 Å². The molecule has 0 radical (unpaired) electrons. The second-order valence-corrected chi connectivity index (χ2v) is 5.27. The van der Waals surface area contributed by atoms with E-state index in [-0.39, 0.29) is 6.04 Å². The Labute approximate surface area is 118 Å². The van der Waals surface area contributed by atoms with Crippen LogP contribution in [0.4, 0.5) is 0 Å². The van der Waals surface area contributed by atoms with Crippen molar-refractivity contribution in [3.05, 3.63) is 24.2 Å². The van der Waals surface area contributed by atoms with Gasteiger partial charge in [0.1, 0.15) is 0 Å². The molecule has 106 valence electrons. The molecule has 1 N–H and O–H groups in total. The molecule has 0 fully saturated rings. The summed E-state index contributed by atoms with van der Waals surface area (Å²) in [6.45, 7) is 6.15. The highest BCUT2D eigenvalue weighted by atomic mass is 16.5. The molecule has 1 aliphatic rings. The first-order valence-electron chi connectivity index (χ1n) is 6.88. The molecule has 6 nitrogen and oxygen atoms in total. The van der Waals surface area contributed by atoms with Gasteiger partial charge in [-0.05, 0) is 18.1 Å². The van der Waals surface area contributed by atoms with Crippen LogP contribution in [0.25, 0.3) is 11.4 Å². The second kappa shape index (κ2) is 5.20. The summed E-state index contributed by atoms with van der Waals surface area (Å²) in [7, 11) is 1.62. The lowest BCUT2D eigenvalue weighted by Gasteiger charge is -2.27. The van der Waals surface area contributed by atoms with Crippen LogP contribution in [0.3, 0.4) is 0 Å². The summed E-state index contributed by atoms with van der Waals surface area (Å²) in [5, 5.41) is 12.2. The maximum absolute atomic E-state index is 5.33. The van der Waals surface area contributed by atoms with Gasteiger partial charge in [-0.15, -0.1) is 10.2 Å². The van der Waals surface area contributed by atoms with Crippen molar-refractivity contribution in [3.63, 3.8) is 0 Å². The van der Waals surface area contributed by atoms with E-state index in [0.717, 1.165) is 30.3 Å². The minimum absolute atomic E-state index is 0.243. The number of hydrogen-bond donors (Lipinski definition) is 1. The zero-order valence-electron chi connectivity index (χ0n) is 12.0. The summed E-state index contributed by atoms with van der Waals surface area (Å²) in [6.07, 6.45) is 1.72. The fourth-order valence-corrected chi connectivity index (χ4v) is 2.65. The van der Waals surface area contributed by atoms with E-state index in [9.17, 15) is 0 Å². The molecule has 3 heterocycles. The van der Waals surface area contributed by atoms with Crippen molar-refractivity contribution >= 4 is 0 Å². The van der Waals surface area contributed by atoms with Gasteiger partial charge in [-0.2, -0.15) is 0 Å². The third kappa shape index (κ3) is 2.06. The molecule has 0 spiro atoms. The summed E-state index contributed by atoms with van der Waals surface area (Å²) in [5.41, 5.74) is 0.887. The zero-order chi connectivity index (χ0) is 14.1. The Morgan fingerprint density at radius 2 is 2.25 bits per heavy atom. The van der Waals surface area contributed by atoms with E-state index in [2.05, 4.69) is 38.9 Å². The van der Waals surface area contributed by atoms with Crippen LogP contribution in [0.2, 0.25) is 0 Å². The maximum Gasteiger partial charge on any atom is 0.224 e. The number of aromatic nitrogens is 4. The Balaban J connectivity index is 2.09. The predicted molar refractivity (Wildman–Crippen MR) is 75.4 cm³/mol. The van der Waals surface area contributed by atoms with E-state index < -0.39 is 0 Å². The van der Waals surface area contributed by atoms with Gasteiger partial charge in [-0.1, -0.05) is 13.8 Å². The molecule has 1 unspecified atom stereocenters. The van der Waals surface area contributed by atoms with E-state index >= 15 is 0 Å². The van der Waals surface area contributed by atoms with Gasteiger partial charge in [0.2, 0.25) is 5.88 Å². The lowest BCUT2D eigenvalue weighted by Crippen LogP contribution is -2.36. The highest BCUT2D eigenvalue weighted by Crippen LogP contribution is 2.31. The molecular formula is C14H19N5O. The number of methoxy groups -OCH3 is 1. The Kier molecular flexibility index (Phi) is 3.40. The second-order valence-electron chi connectivity index (χ2n) is 5.27. The first-order chi connectivity index (χ1) is 9.72. The lowest BCUT2D eigenvalue weighted by atomic mass is 10.0. The van der Waals surface area contributed by atoms with Crippen LogP contribution in [0.15, 0.2) is 18.3 Å². The van der Waals surface area contributed by atoms with Gasteiger partial charge in [0.15, 0.2) is 11.6 Å². The van der Waals surface area contributed by atoms with Gasteiger partial charge in [0, 0.05) is 19.3 Å². The molecule has 0 aromatic carbocycles. The van der Waals surface area contributed by atoms with Gasteiger partial charge in [-0.25, -0.2) is 4.98 Å². The first-order valence-corrected chi connectivity index (χ1v) is 6.88. The normalized spacial score (nSPS) is 18.1.